The Labute approximate surface area is 114 Å². The SMILES string of the molecule is CC(CN)(Cc1ccc(Cl)cc1)c1ccccc1. The molecule has 0 radical (unpaired) electrons. The van der Waals surface area contributed by atoms with Gasteiger partial charge in [0.15, 0.2) is 0 Å². The summed E-state index contributed by atoms with van der Waals surface area (Å²) >= 11 is 5.91. The zero-order valence-electron chi connectivity index (χ0n) is 10.6. The van der Waals surface area contributed by atoms with E-state index in [0.29, 0.717) is 6.54 Å². The number of hydrogen-bond donors (Lipinski definition) is 1. The van der Waals surface area contributed by atoms with E-state index in [2.05, 4.69) is 43.3 Å². The van der Waals surface area contributed by atoms with Gasteiger partial charge in [-0.2, -0.15) is 0 Å². The molecular weight excluding hydrogens is 242 g/mol. The molecule has 18 heavy (non-hydrogen) atoms. The predicted octanol–water partition coefficient (Wildman–Crippen LogP) is 3.80. The van der Waals surface area contributed by atoms with Crippen molar-refractivity contribution in [3.05, 3.63) is 70.7 Å². The van der Waals surface area contributed by atoms with Crippen molar-refractivity contribution >= 4 is 11.6 Å². The summed E-state index contributed by atoms with van der Waals surface area (Å²) in [6.07, 6.45) is 0.921. The first kappa shape index (κ1) is 13.1. The molecule has 0 aromatic heterocycles. The van der Waals surface area contributed by atoms with E-state index >= 15 is 0 Å². The van der Waals surface area contributed by atoms with Crippen LogP contribution >= 0.6 is 11.6 Å². The number of rotatable bonds is 4. The number of nitrogens with two attached hydrogens (primary N) is 1. The van der Waals surface area contributed by atoms with Crippen LogP contribution < -0.4 is 5.73 Å². The summed E-state index contributed by atoms with van der Waals surface area (Å²) in [5.74, 6) is 0. The molecule has 2 heteroatoms. The van der Waals surface area contributed by atoms with E-state index in [9.17, 15) is 0 Å². The lowest BCUT2D eigenvalue weighted by Gasteiger charge is -2.29. The van der Waals surface area contributed by atoms with Gasteiger partial charge >= 0.3 is 0 Å². The standard InChI is InChI=1S/C16H18ClN/c1-16(12-18,14-5-3-2-4-6-14)11-13-7-9-15(17)10-8-13/h2-10H,11-12,18H2,1H3. The first-order chi connectivity index (χ1) is 8.64. The average molecular weight is 260 g/mol. The Hall–Kier alpha value is -1.31. The lowest BCUT2D eigenvalue weighted by molar-refractivity contribution is 0.481. The van der Waals surface area contributed by atoms with Crippen LogP contribution in [0.3, 0.4) is 0 Å². The summed E-state index contributed by atoms with van der Waals surface area (Å²) in [5.41, 5.74) is 8.50. The molecule has 0 saturated heterocycles. The van der Waals surface area contributed by atoms with Gasteiger partial charge in [-0.3, -0.25) is 0 Å². The second-order valence-electron chi connectivity index (χ2n) is 4.93. The number of benzene rings is 2. The molecule has 0 spiro atoms. The van der Waals surface area contributed by atoms with E-state index in [1.807, 2.05) is 18.2 Å². The second kappa shape index (κ2) is 5.55. The first-order valence-corrected chi connectivity index (χ1v) is 6.52. The van der Waals surface area contributed by atoms with Crippen molar-refractivity contribution in [3.8, 4) is 0 Å². The van der Waals surface area contributed by atoms with Crippen LogP contribution in [0.4, 0.5) is 0 Å². The minimum absolute atomic E-state index is 0.0326. The van der Waals surface area contributed by atoms with E-state index in [1.54, 1.807) is 0 Å². The highest BCUT2D eigenvalue weighted by molar-refractivity contribution is 6.30. The van der Waals surface area contributed by atoms with Gasteiger partial charge in [0.2, 0.25) is 0 Å². The summed E-state index contributed by atoms with van der Waals surface area (Å²) in [4.78, 5) is 0. The highest BCUT2D eigenvalue weighted by Crippen LogP contribution is 2.27. The molecular formula is C16H18ClN. The van der Waals surface area contributed by atoms with Crippen molar-refractivity contribution in [1.82, 2.24) is 0 Å². The highest BCUT2D eigenvalue weighted by Gasteiger charge is 2.25. The lowest BCUT2D eigenvalue weighted by Crippen LogP contribution is -2.34. The van der Waals surface area contributed by atoms with Crippen molar-refractivity contribution in [2.75, 3.05) is 6.54 Å². The first-order valence-electron chi connectivity index (χ1n) is 6.14. The molecule has 2 aromatic carbocycles. The Balaban J connectivity index is 2.26. The van der Waals surface area contributed by atoms with Crippen LogP contribution in [0.15, 0.2) is 54.6 Å². The summed E-state index contributed by atoms with van der Waals surface area (Å²) in [5, 5.41) is 0.771. The molecule has 2 rings (SSSR count). The van der Waals surface area contributed by atoms with Crippen molar-refractivity contribution in [2.24, 2.45) is 5.73 Å². The molecule has 2 aromatic rings. The third-order valence-corrected chi connectivity index (χ3v) is 3.68. The summed E-state index contributed by atoms with van der Waals surface area (Å²) in [6.45, 7) is 2.83. The van der Waals surface area contributed by atoms with Crippen LogP contribution in [0.5, 0.6) is 0 Å². The van der Waals surface area contributed by atoms with E-state index in [4.69, 9.17) is 17.3 Å². The van der Waals surface area contributed by atoms with Crippen molar-refractivity contribution in [1.29, 1.82) is 0 Å². The van der Waals surface area contributed by atoms with E-state index in [0.717, 1.165) is 11.4 Å². The molecule has 0 aliphatic heterocycles. The van der Waals surface area contributed by atoms with Gasteiger partial charge in [0.05, 0.1) is 0 Å². The van der Waals surface area contributed by atoms with Gasteiger partial charge in [-0.05, 0) is 29.7 Å². The van der Waals surface area contributed by atoms with Gasteiger partial charge in [-0.15, -0.1) is 0 Å². The quantitative estimate of drug-likeness (QED) is 0.888. The molecule has 0 heterocycles. The molecule has 2 N–H and O–H groups in total. The van der Waals surface area contributed by atoms with Crippen LogP contribution in [-0.4, -0.2) is 6.54 Å². The maximum Gasteiger partial charge on any atom is 0.0406 e. The normalized spacial score (nSPS) is 14.2. The van der Waals surface area contributed by atoms with Crippen molar-refractivity contribution in [3.63, 3.8) is 0 Å². The monoisotopic (exact) mass is 259 g/mol. The van der Waals surface area contributed by atoms with E-state index < -0.39 is 0 Å². The Morgan fingerprint density at radius 2 is 1.61 bits per heavy atom. The minimum Gasteiger partial charge on any atom is -0.330 e. The smallest absolute Gasteiger partial charge is 0.0406 e. The van der Waals surface area contributed by atoms with Crippen LogP contribution in [0.1, 0.15) is 18.1 Å². The largest absolute Gasteiger partial charge is 0.330 e. The van der Waals surface area contributed by atoms with Crippen LogP contribution in [-0.2, 0) is 11.8 Å². The summed E-state index contributed by atoms with van der Waals surface area (Å²) in [7, 11) is 0. The maximum absolute atomic E-state index is 5.99. The fourth-order valence-electron chi connectivity index (χ4n) is 2.19. The Morgan fingerprint density at radius 3 is 2.17 bits per heavy atom. The van der Waals surface area contributed by atoms with E-state index in [1.165, 1.54) is 11.1 Å². The molecule has 0 aliphatic rings. The molecule has 0 aliphatic carbocycles. The summed E-state index contributed by atoms with van der Waals surface area (Å²) < 4.78 is 0. The van der Waals surface area contributed by atoms with Gasteiger partial charge in [0, 0.05) is 17.0 Å². The van der Waals surface area contributed by atoms with Crippen LogP contribution in [0, 0.1) is 0 Å². The van der Waals surface area contributed by atoms with Crippen molar-refractivity contribution < 1.29 is 0 Å². The average Bonchev–Trinajstić information content (AvgIpc) is 2.42. The zero-order valence-corrected chi connectivity index (χ0v) is 11.3. The van der Waals surface area contributed by atoms with Gasteiger partial charge in [0.25, 0.3) is 0 Å². The molecule has 1 nitrogen and oxygen atoms in total. The molecule has 0 amide bonds. The molecule has 0 fully saturated rings. The van der Waals surface area contributed by atoms with Gasteiger partial charge < -0.3 is 5.73 Å². The number of hydrogen-bond acceptors (Lipinski definition) is 1. The maximum atomic E-state index is 5.99. The third-order valence-electron chi connectivity index (χ3n) is 3.43. The van der Waals surface area contributed by atoms with Gasteiger partial charge in [-0.25, -0.2) is 0 Å². The molecule has 1 unspecified atom stereocenters. The van der Waals surface area contributed by atoms with Crippen LogP contribution in [0.2, 0.25) is 5.02 Å². The van der Waals surface area contributed by atoms with Gasteiger partial charge in [-0.1, -0.05) is 61.0 Å². The van der Waals surface area contributed by atoms with Crippen molar-refractivity contribution in [2.45, 2.75) is 18.8 Å². The molecule has 1 atom stereocenters. The zero-order chi connectivity index (χ0) is 13.0. The van der Waals surface area contributed by atoms with Crippen LogP contribution in [0.25, 0.3) is 0 Å². The number of halogens is 1. The molecule has 0 bridgehead atoms. The molecule has 0 saturated carbocycles. The van der Waals surface area contributed by atoms with E-state index in [-0.39, 0.29) is 5.41 Å². The minimum atomic E-state index is -0.0326. The predicted molar refractivity (Wildman–Crippen MR) is 78.0 cm³/mol. The van der Waals surface area contributed by atoms with Gasteiger partial charge in [0.1, 0.15) is 0 Å². The second-order valence-corrected chi connectivity index (χ2v) is 5.37. The fraction of sp³-hybridized carbons (Fsp3) is 0.250. The fourth-order valence-corrected chi connectivity index (χ4v) is 2.31. The topological polar surface area (TPSA) is 26.0 Å². The Bertz CT molecular complexity index is 492. The lowest BCUT2D eigenvalue weighted by atomic mass is 9.77. The summed E-state index contributed by atoms with van der Waals surface area (Å²) in [6, 6.07) is 18.4. The highest BCUT2D eigenvalue weighted by atomic mass is 35.5. The Kier molecular flexibility index (Phi) is 4.05. The molecule has 94 valence electrons. The third kappa shape index (κ3) is 2.92. The Morgan fingerprint density at radius 1 is 1.00 bits per heavy atom.